The number of nitrogens with one attached hydrogen (secondary N) is 1. The molecule has 18 heavy (non-hydrogen) atoms. The molecule has 4 heteroatoms. The lowest BCUT2D eigenvalue weighted by atomic mass is 9.88. The molecule has 1 aliphatic rings. The summed E-state index contributed by atoms with van der Waals surface area (Å²) in [5.41, 5.74) is 7.07. The molecule has 0 bridgehead atoms. The summed E-state index contributed by atoms with van der Waals surface area (Å²) < 4.78 is 19.0. The molecule has 0 aliphatic carbocycles. The predicted molar refractivity (Wildman–Crippen MR) is 70.1 cm³/mol. The van der Waals surface area contributed by atoms with E-state index >= 15 is 0 Å². The van der Waals surface area contributed by atoms with E-state index in [2.05, 4.69) is 5.32 Å². The van der Waals surface area contributed by atoms with Crippen molar-refractivity contribution in [2.45, 2.75) is 25.8 Å². The van der Waals surface area contributed by atoms with Crippen LogP contribution in [0.5, 0.6) is 5.75 Å². The van der Waals surface area contributed by atoms with Gasteiger partial charge in [-0.3, -0.25) is 0 Å². The van der Waals surface area contributed by atoms with Gasteiger partial charge in [0.1, 0.15) is 0 Å². The third-order valence-electron chi connectivity index (χ3n) is 3.48. The molecule has 0 amide bonds. The number of piperidine rings is 1. The fourth-order valence-corrected chi connectivity index (χ4v) is 2.45. The largest absolute Gasteiger partial charge is 0.491 e. The van der Waals surface area contributed by atoms with Crippen LogP contribution in [0.4, 0.5) is 4.39 Å². The highest BCUT2D eigenvalue weighted by Gasteiger charge is 2.22. The molecule has 2 unspecified atom stereocenters. The summed E-state index contributed by atoms with van der Waals surface area (Å²) in [6, 6.07) is 4.94. The number of halogens is 1. The summed E-state index contributed by atoms with van der Waals surface area (Å²) in [6.07, 6.45) is 2.24. The summed E-state index contributed by atoms with van der Waals surface area (Å²) in [5, 5.41) is 3.33. The van der Waals surface area contributed by atoms with Crippen molar-refractivity contribution in [1.29, 1.82) is 0 Å². The summed E-state index contributed by atoms with van der Waals surface area (Å²) >= 11 is 0. The molecule has 1 aromatic rings. The molecule has 3 nitrogen and oxygen atoms in total. The number of rotatable bonds is 4. The van der Waals surface area contributed by atoms with Crippen LogP contribution in [0.2, 0.25) is 0 Å². The van der Waals surface area contributed by atoms with E-state index in [0.717, 1.165) is 31.5 Å². The predicted octanol–water partition coefficient (Wildman–Crippen LogP) is 2.22. The zero-order valence-electron chi connectivity index (χ0n) is 10.8. The highest BCUT2D eigenvalue weighted by Crippen LogP contribution is 2.28. The van der Waals surface area contributed by atoms with Crippen LogP contribution in [0.3, 0.4) is 0 Å². The molecule has 2 atom stereocenters. The van der Waals surface area contributed by atoms with Crippen molar-refractivity contribution in [1.82, 2.24) is 5.32 Å². The molecule has 3 N–H and O–H groups in total. The van der Waals surface area contributed by atoms with Crippen LogP contribution >= 0.6 is 0 Å². The standard InChI is InChI=1S/C14H21FN2O/c1-2-18-13-6-5-10(8-12(13)15)14(16)11-4-3-7-17-9-11/h5-6,8,11,14,17H,2-4,7,9,16H2,1H3. The fraction of sp³-hybridized carbons (Fsp3) is 0.571. The second kappa shape index (κ2) is 6.16. The van der Waals surface area contributed by atoms with Crippen molar-refractivity contribution in [2.24, 2.45) is 11.7 Å². The molecule has 0 aromatic heterocycles. The summed E-state index contributed by atoms with van der Waals surface area (Å²) in [6.45, 7) is 4.28. The van der Waals surface area contributed by atoms with Gasteiger partial charge in [-0.15, -0.1) is 0 Å². The molecule has 100 valence electrons. The first-order chi connectivity index (χ1) is 8.72. The third-order valence-corrected chi connectivity index (χ3v) is 3.48. The van der Waals surface area contributed by atoms with Gasteiger partial charge in [0.15, 0.2) is 11.6 Å². The Bertz CT molecular complexity index is 391. The molecular formula is C14H21FN2O. The molecule has 0 radical (unpaired) electrons. The molecule has 1 heterocycles. The highest BCUT2D eigenvalue weighted by molar-refractivity contribution is 5.31. The average molecular weight is 252 g/mol. The van der Waals surface area contributed by atoms with Gasteiger partial charge in [-0.05, 0) is 56.5 Å². The van der Waals surface area contributed by atoms with Gasteiger partial charge in [-0.1, -0.05) is 6.07 Å². The zero-order chi connectivity index (χ0) is 13.0. The number of ether oxygens (including phenoxy) is 1. The van der Waals surface area contributed by atoms with Crippen molar-refractivity contribution in [3.8, 4) is 5.75 Å². The zero-order valence-corrected chi connectivity index (χ0v) is 10.8. The minimum atomic E-state index is -0.325. The number of nitrogens with two attached hydrogens (primary N) is 1. The number of benzene rings is 1. The first kappa shape index (κ1) is 13.3. The van der Waals surface area contributed by atoms with Crippen molar-refractivity contribution < 1.29 is 9.13 Å². The van der Waals surface area contributed by atoms with Crippen LogP contribution in [0.15, 0.2) is 18.2 Å². The highest BCUT2D eigenvalue weighted by atomic mass is 19.1. The lowest BCUT2D eigenvalue weighted by molar-refractivity contribution is 0.316. The molecule has 1 aromatic carbocycles. The van der Waals surface area contributed by atoms with Gasteiger partial charge in [0.05, 0.1) is 6.61 Å². The van der Waals surface area contributed by atoms with E-state index in [-0.39, 0.29) is 11.9 Å². The van der Waals surface area contributed by atoms with Gasteiger partial charge in [-0.2, -0.15) is 0 Å². The van der Waals surface area contributed by atoms with Crippen LogP contribution in [0, 0.1) is 11.7 Å². The molecule has 0 saturated carbocycles. The first-order valence-corrected chi connectivity index (χ1v) is 6.61. The average Bonchev–Trinajstić information content (AvgIpc) is 2.41. The van der Waals surface area contributed by atoms with Crippen molar-refractivity contribution in [3.63, 3.8) is 0 Å². The van der Waals surface area contributed by atoms with E-state index in [1.54, 1.807) is 6.07 Å². The van der Waals surface area contributed by atoms with Crippen molar-refractivity contribution in [3.05, 3.63) is 29.6 Å². The van der Waals surface area contributed by atoms with Crippen LogP contribution in [0.1, 0.15) is 31.4 Å². The monoisotopic (exact) mass is 252 g/mol. The van der Waals surface area contributed by atoms with Gasteiger partial charge < -0.3 is 15.8 Å². The third kappa shape index (κ3) is 3.00. The maximum Gasteiger partial charge on any atom is 0.165 e. The SMILES string of the molecule is CCOc1ccc(C(N)C2CCCNC2)cc1F. The number of hydrogen-bond acceptors (Lipinski definition) is 3. The topological polar surface area (TPSA) is 47.3 Å². The Morgan fingerprint density at radius 3 is 3.00 bits per heavy atom. The Morgan fingerprint density at radius 1 is 1.56 bits per heavy atom. The Labute approximate surface area is 108 Å². The van der Waals surface area contributed by atoms with E-state index < -0.39 is 0 Å². The van der Waals surface area contributed by atoms with Crippen molar-refractivity contribution in [2.75, 3.05) is 19.7 Å². The Balaban J connectivity index is 2.10. The maximum absolute atomic E-state index is 13.8. The fourth-order valence-electron chi connectivity index (χ4n) is 2.45. The molecule has 2 rings (SSSR count). The lowest BCUT2D eigenvalue weighted by Crippen LogP contribution is -2.36. The minimum Gasteiger partial charge on any atom is -0.491 e. The molecular weight excluding hydrogens is 231 g/mol. The van der Waals surface area contributed by atoms with Gasteiger partial charge in [0.2, 0.25) is 0 Å². The van der Waals surface area contributed by atoms with Gasteiger partial charge in [0.25, 0.3) is 0 Å². The quantitative estimate of drug-likeness (QED) is 0.864. The second-order valence-corrected chi connectivity index (χ2v) is 4.76. The van der Waals surface area contributed by atoms with E-state index in [9.17, 15) is 4.39 Å². The van der Waals surface area contributed by atoms with Crippen LogP contribution in [-0.2, 0) is 0 Å². The van der Waals surface area contributed by atoms with Gasteiger partial charge in [0, 0.05) is 6.04 Å². The smallest absolute Gasteiger partial charge is 0.165 e. The maximum atomic E-state index is 13.8. The van der Waals surface area contributed by atoms with E-state index in [0.29, 0.717) is 18.3 Å². The Kier molecular flexibility index (Phi) is 4.55. The summed E-state index contributed by atoms with van der Waals surface area (Å²) in [7, 11) is 0. The molecule has 1 fully saturated rings. The molecule has 1 saturated heterocycles. The summed E-state index contributed by atoms with van der Waals surface area (Å²) in [4.78, 5) is 0. The minimum absolute atomic E-state index is 0.108. The Morgan fingerprint density at radius 2 is 2.39 bits per heavy atom. The van der Waals surface area contributed by atoms with E-state index in [4.69, 9.17) is 10.5 Å². The normalized spacial score (nSPS) is 21.6. The first-order valence-electron chi connectivity index (χ1n) is 6.61. The van der Waals surface area contributed by atoms with Crippen molar-refractivity contribution >= 4 is 0 Å². The second-order valence-electron chi connectivity index (χ2n) is 4.76. The van der Waals surface area contributed by atoms with Gasteiger partial charge >= 0.3 is 0 Å². The van der Waals surface area contributed by atoms with E-state index in [1.165, 1.54) is 6.07 Å². The van der Waals surface area contributed by atoms with E-state index in [1.807, 2.05) is 13.0 Å². The van der Waals surface area contributed by atoms with Gasteiger partial charge in [-0.25, -0.2) is 4.39 Å². The van der Waals surface area contributed by atoms with Crippen LogP contribution in [0.25, 0.3) is 0 Å². The Hall–Kier alpha value is -1.13. The lowest BCUT2D eigenvalue weighted by Gasteiger charge is -2.28. The summed E-state index contributed by atoms with van der Waals surface area (Å²) in [5.74, 6) is 0.361. The van der Waals surface area contributed by atoms with Crippen LogP contribution in [-0.4, -0.2) is 19.7 Å². The number of hydrogen-bond donors (Lipinski definition) is 2. The molecule has 1 aliphatic heterocycles. The van der Waals surface area contributed by atoms with Crippen LogP contribution < -0.4 is 15.8 Å². The molecule has 0 spiro atoms.